The summed E-state index contributed by atoms with van der Waals surface area (Å²) < 4.78 is 5.42. The van der Waals surface area contributed by atoms with Crippen LogP contribution in [0, 0.1) is 0 Å². The van der Waals surface area contributed by atoms with Crippen molar-refractivity contribution in [2.24, 2.45) is 4.99 Å². The van der Waals surface area contributed by atoms with Gasteiger partial charge in [0.05, 0.1) is 19.8 Å². The van der Waals surface area contributed by atoms with Crippen molar-refractivity contribution in [2.75, 3.05) is 39.9 Å². The van der Waals surface area contributed by atoms with Gasteiger partial charge in [0.15, 0.2) is 12.2 Å². The number of rotatable bonds is 4. The van der Waals surface area contributed by atoms with E-state index in [0.717, 1.165) is 24.5 Å². The Morgan fingerprint density at radius 2 is 2.04 bits per heavy atom. The molecule has 2 unspecified atom stereocenters. The maximum Gasteiger partial charge on any atom is 0.325 e. The summed E-state index contributed by atoms with van der Waals surface area (Å²) in [4.78, 5) is 35.1. The third kappa shape index (κ3) is 3.65. The zero-order valence-electron chi connectivity index (χ0n) is 15.1. The van der Waals surface area contributed by atoms with Gasteiger partial charge in [0.2, 0.25) is 0 Å². The number of amides is 3. The second kappa shape index (κ2) is 7.46. The largest absolute Gasteiger partial charge is 0.379 e. The number of morpholine rings is 1. The van der Waals surface area contributed by atoms with Crippen LogP contribution >= 0.6 is 11.6 Å². The van der Waals surface area contributed by atoms with E-state index in [9.17, 15) is 9.59 Å². The molecule has 0 saturated carbocycles. The lowest BCUT2D eigenvalue weighted by molar-refractivity contribution is -0.127. The first-order valence-corrected chi connectivity index (χ1v) is 9.36. The summed E-state index contributed by atoms with van der Waals surface area (Å²) in [6, 6.07) is 6.61. The minimum Gasteiger partial charge on any atom is -0.379 e. The second-order valence-electron chi connectivity index (χ2n) is 6.96. The highest BCUT2D eigenvalue weighted by Gasteiger charge is 2.48. The predicted molar refractivity (Wildman–Crippen MR) is 101 cm³/mol. The van der Waals surface area contributed by atoms with Crippen LogP contribution in [0.25, 0.3) is 0 Å². The fraction of sp³-hybridized carbons (Fsp3) is 0.500. The molecule has 8 nitrogen and oxygen atoms in total. The number of fused-ring (bicyclic) bond motifs is 1. The lowest BCUT2D eigenvalue weighted by Gasteiger charge is -2.37. The number of likely N-dealkylation sites (N-methyl/N-ethyl adjacent to an activating group) is 1. The first-order valence-electron chi connectivity index (χ1n) is 8.98. The number of nitrogens with one attached hydrogen (secondary N) is 1. The van der Waals surface area contributed by atoms with E-state index in [-0.39, 0.29) is 5.91 Å². The smallest absolute Gasteiger partial charge is 0.325 e. The Hall–Kier alpha value is -2.16. The molecule has 2 fully saturated rings. The highest BCUT2D eigenvalue weighted by Crippen LogP contribution is 2.27. The molecule has 1 aromatic rings. The molecule has 1 N–H and O–H groups in total. The standard InChI is InChI=1S/C18H22ClN5O3/c1-22-16-15(17(25)21-18(22)26)24(10-12-3-2-4-13(19)9-12)14(20-16)11-23-5-7-27-8-6-23/h2-4,9,15-16H,5-8,10-11H2,1H3,(H,21,25,26). The fourth-order valence-corrected chi connectivity index (χ4v) is 3.91. The normalized spacial score (nSPS) is 26.1. The molecule has 0 aromatic heterocycles. The van der Waals surface area contributed by atoms with Crippen molar-refractivity contribution in [1.82, 2.24) is 20.0 Å². The highest BCUT2D eigenvalue weighted by molar-refractivity contribution is 6.30. The van der Waals surface area contributed by atoms with Gasteiger partial charge in [-0.25, -0.2) is 9.79 Å². The number of hydrogen-bond acceptors (Lipinski definition) is 6. The van der Waals surface area contributed by atoms with Gasteiger partial charge in [-0.2, -0.15) is 0 Å². The molecule has 3 aliphatic heterocycles. The molecule has 0 spiro atoms. The van der Waals surface area contributed by atoms with Crippen LogP contribution in [0.3, 0.4) is 0 Å². The van der Waals surface area contributed by atoms with E-state index in [4.69, 9.17) is 21.3 Å². The summed E-state index contributed by atoms with van der Waals surface area (Å²) >= 11 is 6.13. The molecule has 0 radical (unpaired) electrons. The van der Waals surface area contributed by atoms with Crippen LogP contribution in [0.5, 0.6) is 0 Å². The molecule has 2 atom stereocenters. The molecule has 4 rings (SSSR count). The van der Waals surface area contributed by atoms with E-state index in [1.807, 2.05) is 29.2 Å². The molecule has 3 amide bonds. The molecule has 3 aliphatic rings. The summed E-state index contributed by atoms with van der Waals surface area (Å²) in [7, 11) is 1.66. The van der Waals surface area contributed by atoms with Gasteiger partial charge >= 0.3 is 6.03 Å². The number of carbonyl (C=O) groups is 2. The molecule has 9 heteroatoms. The Kier molecular flexibility index (Phi) is 5.03. The van der Waals surface area contributed by atoms with Gasteiger partial charge in [0.1, 0.15) is 5.84 Å². The van der Waals surface area contributed by atoms with Crippen LogP contribution in [0.2, 0.25) is 5.02 Å². The zero-order chi connectivity index (χ0) is 19.0. The number of imide groups is 1. The molecule has 0 bridgehead atoms. The third-order valence-corrected chi connectivity index (χ3v) is 5.39. The van der Waals surface area contributed by atoms with Gasteiger partial charge in [0, 0.05) is 31.7 Å². The van der Waals surface area contributed by atoms with E-state index in [1.165, 1.54) is 4.90 Å². The van der Waals surface area contributed by atoms with Gasteiger partial charge in [-0.1, -0.05) is 23.7 Å². The van der Waals surface area contributed by atoms with Crippen molar-refractivity contribution < 1.29 is 14.3 Å². The number of urea groups is 1. The van der Waals surface area contributed by atoms with Crippen LogP contribution in [0.4, 0.5) is 4.79 Å². The van der Waals surface area contributed by atoms with Gasteiger partial charge in [0.25, 0.3) is 5.91 Å². The van der Waals surface area contributed by atoms with Gasteiger partial charge in [-0.3, -0.25) is 15.0 Å². The number of amidine groups is 1. The van der Waals surface area contributed by atoms with Crippen molar-refractivity contribution in [2.45, 2.75) is 18.8 Å². The Morgan fingerprint density at radius 1 is 1.26 bits per heavy atom. The average Bonchev–Trinajstić information content (AvgIpc) is 2.99. The number of nitrogens with zero attached hydrogens (tertiary/aromatic N) is 4. The summed E-state index contributed by atoms with van der Waals surface area (Å²) in [6.07, 6.45) is -0.513. The highest BCUT2D eigenvalue weighted by atomic mass is 35.5. The first-order chi connectivity index (χ1) is 13.0. The SMILES string of the molecule is CN1C(=O)NC(=O)C2C1N=C(CN1CCOCC1)N2Cc1cccc(Cl)c1. The second-order valence-corrected chi connectivity index (χ2v) is 7.39. The lowest BCUT2D eigenvalue weighted by Crippen LogP contribution is -2.63. The van der Waals surface area contributed by atoms with Crippen molar-refractivity contribution in [3.05, 3.63) is 34.9 Å². The summed E-state index contributed by atoms with van der Waals surface area (Å²) in [5, 5.41) is 3.07. The molecular weight excluding hydrogens is 370 g/mol. The average molecular weight is 392 g/mol. The van der Waals surface area contributed by atoms with Gasteiger partial charge in [-0.15, -0.1) is 0 Å². The van der Waals surface area contributed by atoms with Crippen molar-refractivity contribution in [1.29, 1.82) is 0 Å². The van der Waals surface area contributed by atoms with Crippen LogP contribution in [0.1, 0.15) is 5.56 Å². The van der Waals surface area contributed by atoms with Crippen LogP contribution in [-0.4, -0.2) is 84.6 Å². The number of benzene rings is 1. The van der Waals surface area contributed by atoms with Crippen molar-refractivity contribution in [3.63, 3.8) is 0 Å². The number of halogens is 1. The summed E-state index contributed by atoms with van der Waals surface area (Å²) in [5.41, 5.74) is 0.991. The van der Waals surface area contributed by atoms with E-state index >= 15 is 0 Å². The topological polar surface area (TPSA) is 77.5 Å². The Balaban J connectivity index is 1.62. The maximum atomic E-state index is 12.6. The Morgan fingerprint density at radius 3 is 2.78 bits per heavy atom. The minimum absolute atomic E-state index is 0.314. The lowest BCUT2D eigenvalue weighted by atomic mass is 10.1. The maximum absolute atomic E-state index is 12.6. The van der Waals surface area contributed by atoms with E-state index in [0.29, 0.717) is 31.3 Å². The molecule has 0 aliphatic carbocycles. The van der Waals surface area contributed by atoms with E-state index in [2.05, 4.69) is 10.2 Å². The number of ether oxygens (including phenoxy) is 1. The number of hydrogen-bond donors (Lipinski definition) is 1. The summed E-state index contributed by atoms with van der Waals surface area (Å²) in [6.45, 7) is 4.13. The molecular formula is C18H22ClN5O3. The quantitative estimate of drug-likeness (QED) is 0.820. The Bertz CT molecular complexity index is 780. The monoisotopic (exact) mass is 391 g/mol. The third-order valence-electron chi connectivity index (χ3n) is 5.16. The zero-order valence-corrected chi connectivity index (χ0v) is 15.9. The number of carbonyl (C=O) groups excluding carboxylic acids is 2. The predicted octanol–water partition coefficient (Wildman–Crippen LogP) is 0.763. The summed E-state index contributed by atoms with van der Waals surface area (Å²) in [5.74, 6) is 0.495. The van der Waals surface area contributed by atoms with Crippen molar-refractivity contribution >= 4 is 29.4 Å². The van der Waals surface area contributed by atoms with Crippen molar-refractivity contribution in [3.8, 4) is 0 Å². The minimum atomic E-state index is -0.539. The molecule has 144 valence electrons. The van der Waals surface area contributed by atoms with Crippen LogP contribution in [0.15, 0.2) is 29.3 Å². The van der Waals surface area contributed by atoms with Gasteiger partial charge in [-0.05, 0) is 17.7 Å². The Labute approximate surface area is 162 Å². The molecule has 2 saturated heterocycles. The first kappa shape index (κ1) is 18.2. The van der Waals surface area contributed by atoms with Crippen LogP contribution in [-0.2, 0) is 16.1 Å². The van der Waals surface area contributed by atoms with E-state index < -0.39 is 18.2 Å². The molecule has 1 aromatic carbocycles. The molecule has 27 heavy (non-hydrogen) atoms. The van der Waals surface area contributed by atoms with E-state index in [1.54, 1.807) is 7.05 Å². The fourth-order valence-electron chi connectivity index (χ4n) is 3.69. The van der Waals surface area contributed by atoms with Gasteiger partial charge < -0.3 is 14.5 Å². The number of aliphatic imine (C=N–C) groups is 1. The van der Waals surface area contributed by atoms with Crippen LogP contribution < -0.4 is 5.32 Å². The molecule has 3 heterocycles.